The van der Waals surface area contributed by atoms with Gasteiger partial charge in [-0.15, -0.1) is 0 Å². The summed E-state index contributed by atoms with van der Waals surface area (Å²) in [7, 11) is 1.02. The fraction of sp³-hybridized carbons (Fsp3) is 0.923. The van der Waals surface area contributed by atoms with Crippen LogP contribution in [0.1, 0.15) is 26.2 Å². The van der Waals surface area contributed by atoms with Crippen LogP contribution < -0.4 is 10.6 Å². The van der Waals surface area contributed by atoms with Crippen LogP contribution in [0.15, 0.2) is 4.99 Å². The maximum absolute atomic E-state index is 11.4. The van der Waals surface area contributed by atoms with Gasteiger partial charge < -0.3 is 10.6 Å². The average molecular weight is 302 g/mol. The maximum Gasteiger partial charge on any atom is 0.191 e. The Bertz CT molecular complexity index is 459. The Balaban J connectivity index is 1.75. The second-order valence-corrected chi connectivity index (χ2v) is 8.17. The summed E-state index contributed by atoms with van der Waals surface area (Å²) in [5.74, 6) is 1.19. The molecule has 116 valence electrons. The van der Waals surface area contributed by atoms with Gasteiger partial charge in [-0.2, -0.15) is 0 Å². The zero-order chi connectivity index (χ0) is 14.8. The fourth-order valence-corrected chi connectivity index (χ4v) is 4.20. The number of likely N-dealkylation sites (N-methyl/N-ethyl adjacent to an activating group) is 1. The van der Waals surface area contributed by atoms with Crippen molar-refractivity contribution in [3.05, 3.63) is 0 Å². The van der Waals surface area contributed by atoms with E-state index in [0.29, 0.717) is 18.4 Å². The van der Waals surface area contributed by atoms with Crippen LogP contribution in [0.3, 0.4) is 0 Å². The molecule has 0 aromatic rings. The first-order valence-electron chi connectivity index (χ1n) is 7.31. The van der Waals surface area contributed by atoms with Crippen LogP contribution >= 0.6 is 0 Å². The Morgan fingerprint density at radius 2 is 2.10 bits per heavy atom. The van der Waals surface area contributed by atoms with Crippen molar-refractivity contribution in [2.75, 3.05) is 32.1 Å². The van der Waals surface area contributed by atoms with E-state index in [0.717, 1.165) is 12.6 Å². The van der Waals surface area contributed by atoms with Gasteiger partial charge >= 0.3 is 0 Å². The molecule has 2 aliphatic rings. The van der Waals surface area contributed by atoms with Gasteiger partial charge in [0.05, 0.1) is 11.5 Å². The van der Waals surface area contributed by atoms with Crippen molar-refractivity contribution < 1.29 is 8.42 Å². The van der Waals surface area contributed by atoms with Gasteiger partial charge in [0.2, 0.25) is 0 Å². The average Bonchev–Trinajstić information content (AvgIpc) is 3.18. The van der Waals surface area contributed by atoms with Crippen LogP contribution in [0.4, 0.5) is 0 Å². The molecule has 0 radical (unpaired) electrons. The number of nitrogens with one attached hydrogen (secondary N) is 2. The molecule has 2 rings (SSSR count). The SMILES string of the molecule is CN=C(NCC(C)N(C)C1CC1)NC1CCS(=O)(=O)C1. The van der Waals surface area contributed by atoms with E-state index in [9.17, 15) is 8.42 Å². The third-order valence-electron chi connectivity index (χ3n) is 4.18. The van der Waals surface area contributed by atoms with Crippen LogP contribution in [0, 0.1) is 0 Å². The van der Waals surface area contributed by atoms with Gasteiger partial charge in [0.1, 0.15) is 0 Å². The Hall–Kier alpha value is -0.820. The molecule has 1 aliphatic carbocycles. The Kier molecular flexibility index (Phi) is 4.90. The minimum absolute atomic E-state index is 0.0114. The first-order valence-corrected chi connectivity index (χ1v) is 9.13. The van der Waals surface area contributed by atoms with Crippen molar-refractivity contribution in [1.82, 2.24) is 15.5 Å². The van der Waals surface area contributed by atoms with E-state index in [-0.39, 0.29) is 17.5 Å². The van der Waals surface area contributed by atoms with Crippen molar-refractivity contribution >= 4 is 15.8 Å². The highest BCUT2D eigenvalue weighted by atomic mass is 32.2. The lowest BCUT2D eigenvalue weighted by atomic mass is 10.2. The molecule has 2 N–H and O–H groups in total. The largest absolute Gasteiger partial charge is 0.355 e. The molecule has 0 aromatic heterocycles. The highest BCUT2D eigenvalue weighted by Crippen LogP contribution is 2.26. The van der Waals surface area contributed by atoms with Crippen molar-refractivity contribution in [3.8, 4) is 0 Å². The van der Waals surface area contributed by atoms with Crippen LogP contribution in [-0.4, -0.2) is 69.5 Å². The monoisotopic (exact) mass is 302 g/mol. The molecule has 20 heavy (non-hydrogen) atoms. The summed E-state index contributed by atoms with van der Waals surface area (Å²) >= 11 is 0. The molecular formula is C13H26N4O2S. The van der Waals surface area contributed by atoms with Gasteiger partial charge in [-0.1, -0.05) is 0 Å². The lowest BCUT2D eigenvalue weighted by molar-refractivity contribution is 0.247. The van der Waals surface area contributed by atoms with Crippen molar-refractivity contribution in [2.24, 2.45) is 4.99 Å². The smallest absolute Gasteiger partial charge is 0.191 e. The van der Waals surface area contributed by atoms with Crippen LogP contribution in [-0.2, 0) is 9.84 Å². The number of sulfone groups is 1. The summed E-state index contributed by atoms with van der Waals surface area (Å²) in [5.41, 5.74) is 0. The highest BCUT2D eigenvalue weighted by molar-refractivity contribution is 7.91. The van der Waals surface area contributed by atoms with E-state index >= 15 is 0 Å². The predicted molar refractivity (Wildman–Crippen MR) is 81.8 cm³/mol. The van der Waals surface area contributed by atoms with Crippen LogP contribution in [0.5, 0.6) is 0 Å². The van der Waals surface area contributed by atoms with Gasteiger partial charge in [-0.3, -0.25) is 9.89 Å². The number of guanidine groups is 1. The van der Waals surface area contributed by atoms with Crippen molar-refractivity contribution in [3.63, 3.8) is 0 Å². The molecule has 0 bridgehead atoms. The predicted octanol–water partition coefficient (Wildman–Crippen LogP) is -0.179. The normalized spacial score (nSPS) is 27.6. The number of hydrogen-bond acceptors (Lipinski definition) is 4. The molecule has 1 saturated heterocycles. The Morgan fingerprint density at radius 1 is 1.40 bits per heavy atom. The molecule has 1 aliphatic heterocycles. The lowest BCUT2D eigenvalue weighted by Crippen LogP contribution is -2.48. The molecule has 1 heterocycles. The molecule has 7 heteroatoms. The van der Waals surface area contributed by atoms with E-state index in [1.807, 2.05) is 0 Å². The van der Waals surface area contributed by atoms with Gasteiger partial charge in [-0.25, -0.2) is 8.42 Å². The highest BCUT2D eigenvalue weighted by Gasteiger charge is 2.30. The summed E-state index contributed by atoms with van der Waals surface area (Å²) in [4.78, 5) is 6.56. The van der Waals surface area contributed by atoms with E-state index < -0.39 is 9.84 Å². The Labute approximate surface area is 121 Å². The van der Waals surface area contributed by atoms with Gasteiger partial charge in [0.25, 0.3) is 0 Å². The number of aliphatic imine (C=N–C) groups is 1. The quantitative estimate of drug-likeness (QED) is 0.544. The summed E-state index contributed by atoms with van der Waals surface area (Å²) < 4.78 is 22.9. The summed E-state index contributed by atoms with van der Waals surface area (Å²) in [6.45, 7) is 3.00. The zero-order valence-electron chi connectivity index (χ0n) is 12.6. The summed E-state index contributed by atoms with van der Waals surface area (Å²) in [6, 6.07) is 1.16. The van der Waals surface area contributed by atoms with E-state index in [4.69, 9.17) is 0 Å². The third-order valence-corrected chi connectivity index (χ3v) is 5.95. The Morgan fingerprint density at radius 3 is 2.60 bits per heavy atom. The molecule has 2 unspecified atom stereocenters. The summed E-state index contributed by atoms with van der Waals surface area (Å²) in [6.07, 6.45) is 3.27. The first-order chi connectivity index (χ1) is 9.41. The van der Waals surface area contributed by atoms with Gasteiger partial charge in [0.15, 0.2) is 15.8 Å². The van der Waals surface area contributed by atoms with Gasteiger partial charge in [0, 0.05) is 31.7 Å². The third kappa shape index (κ3) is 4.34. The van der Waals surface area contributed by atoms with Gasteiger partial charge in [-0.05, 0) is 33.2 Å². The molecule has 0 spiro atoms. The minimum atomic E-state index is -2.85. The van der Waals surface area contributed by atoms with E-state index in [1.165, 1.54) is 12.8 Å². The molecular weight excluding hydrogens is 276 g/mol. The maximum atomic E-state index is 11.4. The molecule has 0 amide bonds. The first kappa shape index (κ1) is 15.6. The van der Waals surface area contributed by atoms with Crippen LogP contribution in [0.2, 0.25) is 0 Å². The molecule has 0 aromatic carbocycles. The van der Waals surface area contributed by atoms with Crippen LogP contribution in [0.25, 0.3) is 0 Å². The fourth-order valence-electron chi connectivity index (χ4n) is 2.53. The second kappa shape index (κ2) is 6.30. The molecule has 2 atom stereocenters. The second-order valence-electron chi connectivity index (χ2n) is 5.94. The minimum Gasteiger partial charge on any atom is -0.355 e. The molecule has 6 nitrogen and oxygen atoms in total. The molecule has 2 fully saturated rings. The van der Waals surface area contributed by atoms with Crippen molar-refractivity contribution in [2.45, 2.75) is 44.3 Å². The topological polar surface area (TPSA) is 73.8 Å². The standard InChI is InChI=1S/C13H26N4O2S/c1-10(17(3)12-4-5-12)8-15-13(14-2)16-11-6-7-20(18,19)9-11/h10-12H,4-9H2,1-3H3,(H2,14,15,16). The number of rotatable bonds is 5. The molecule has 1 saturated carbocycles. The van der Waals surface area contributed by atoms with Crippen molar-refractivity contribution in [1.29, 1.82) is 0 Å². The summed E-state index contributed by atoms with van der Waals surface area (Å²) in [5, 5.41) is 6.49. The van der Waals surface area contributed by atoms with E-state index in [1.54, 1.807) is 7.05 Å². The zero-order valence-corrected chi connectivity index (χ0v) is 13.4. The lowest BCUT2D eigenvalue weighted by Gasteiger charge is -2.26. The number of nitrogens with zero attached hydrogens (tertiary/aromatic N) is 2. The number of hydrogen-bond donors (Lipinski definition) is 2. The van der Waals surface area contributed by atoms with E-state index in [2.05, 4.69) is 34.5 Å².